The number of hydrogen-bond acceptors (Lipinski definition) is 3. The number of ether oxygens (including phenoxy) is 1. The summed E-state index contributed by atoms with van der Waals surface area (Å²) in [6.45, 7) is 36.1. The van der Waals surface area contributed by atoms with E-state index < -0.39 is 0 Å². The van der Waals surface area contributed by atoms with Gasteiger partial charge in [0, 0.05) is 18.3 Å². The maximum Gasteiger partial charge on any atom is 0.312 e. The van der Waals surface area contributed by atoms with Crippen molar-refractivity contribution in [1.82, 2.24) is 0 Å². The molecule has 0 heterocycles. The molecule has 0 aromatic rings. The minimum Gasteiger partial charge on any atom is -0.462 e. The highest BCUT2D eigenvalue weighted by molar-refractivity contribution is 5.85. The molecule has 9 aliphatic rings. The van der Waals surface area contributed by atoms with Gasteiger partial charge < -0.3 is 4.74 Å². The van der Waals surface area contributed by atoms with E-state index in [1.165, 1.54) is 89.0 Å². The van der Waals surface area contributed by atoms with Crippen molar-refractivity contribution in [2.45, 2.75) is 231 Å². The molecular weight excluding hydrogens is 757 g/mol. The fraction of sp³-hybridized carbons (Fsp3) is 0.898. The van der Waals surface area contributed by atoms with E-state index in [9.17, 15) is 4.79 Å². The van der Waals surface area contributed by atoms with Crippen LogP contribution in [0.2, 0.25) is 0 Å². The molecule has 0 radical (unpaired) electrons. The summed E-state index contributed by atoms with van der Waals surface area (Å²) in [4.78, 5) is 28.5. The van der Waals surface area contributed by atoms with Gasteiger partial charge in [-0.2, -0.15) is 0 Å². The molecule has 0 aliphatic heterocycles. The summed E-state index contributed by atoms with van der Waals surface area (Å²) in [7, 11) is 0. The van der Waals surface area contributed by atoms with Gasteiger partial charge in [-0.15, -0.1) is 0 Å². The van der Waals surface area contributed by atoms with E-state index in [4.69, 9.17) is 4.74 Å². The number of carbonyl (C=O) groups is 2. The Labute approximate surface area is 382 Å². The molecule has 3 nitrogen and oxygen atoms in total. The molecule has 0 amide bonds. The Bertz CT molecular complexity index is 1750. The van der Waals surface area contributed by atoms with Gasteiger partial charge in [0.15, 0.2) is 0 Å². The Kier molecular flexibility index (Phi) is 12.5. The predicted octanol–water partition coefficient (Wildman–Crippen LogP) is 16.2. The first-order valence-electron chi connectivity index (χ1n) is 27.3. The van der Waals surface area contributed by atoms with E-state index in [0.29, 0.717) is 40.8 Å². The van der Waals surface area contributed by atoms with E-state index in [-0.39, 0.29) is 44.6 Å². The molecule has 8 saturated carbocycles. The zero-order chi connectivity index (χ0) is 45.0. The Morgan fingerprint density at radius 2 is 1.47 bits per heavy atom. The third-order valence-corrected chi connectivity index (χ3v) is 23.8. The van der Waals surface area contributed by atoms with Crippen LogP contribution in [0.1, 0.15) is 225 Å². The number of ketones is 1. The van der Waals surface area contributed by atoms with Gasteiger partial charge in [-0.1, -0.05) is 126 Å². The fourth-order valence-corrected chi connectivity index (χ4v) is 20.3. The van der Waals surface area contributed by atoms with Crippen LogP contribution in [-0.2, 0) is 14.3 Å². The molecule has 0 N–H and O–H groups in total. The first kappa shape index (κ1) is 47.1. The summed E-state index contributed by atoms with van der Waals surface area (Å²) >= 11 is 0. The minimum atomic E-state index is -0.372. The highest BCUT2D eigenvalue weighted by atomic mass is 16.5. The molecule has 0 aromatic heterocycles. The van der Waals surface area contributed by atoms with Gasteiger partial charge in [0.05, 0.1) is 5.41 Å². The van der Waals surface area contributed by atoms with Crippen molar-refractivity contribution in [2.24, 2.45) is 103 Å². The average molecular weight is 853 g/mol. The number of rotatable bonds is 8. The number of allylic oxidation sites excluding steroid dienone is 2. The van der Waals surface area contributed by atoms with Crippen molar-refractivity contribution in [2.75, 3.05) is 0 Å². The number of Topliss-reactive ketones (excluding diaryl/α,β-unsaturated/α-hetero) is 1. The first-order valence-corrected chi connectivity index (χ1v) is 27.3. The molecule has 8 fully saturated rings. The van der Waals surface area contributed by atoms with Gasteiger partial charge in [0.2, 0.25) is 0 Å². The van der Waals surface area contributed by atoms with Crippen LogP contribution < -0.4 is 0 Å². The van der Waals surface area contributed by atoms with E-state index in [2.05, 4.69) is 88.8 Å². The second-order valence-corrected chi connectivity index (χ2v) is 26.5. The second-order valence-electron chi connectivity index (χ2n) is 26.5. The highest BCUT2D eigenvalue weighted by Crippen LogP contribution is 2.78. The van der Waals surface area contributed by atoms with E-state index >= 15 is 4.79 Å². The lowest BCUT2D eigenvalue weighted by Crippen LogP contribution is -2.66. The molecule has 9 rings (SSSR count). The molecule has 0 aromatic carbocycles. The topological polar surface area (TPSA) is 43.4 Å². The maximum absolute atomic E-state index is 15.2. The Balaban J connectivity index is 0.00000261. The lowest BCUT2D eigenvalue weighted by atomic mass is 9.32. The summed E-state index contributed by atoms with van der Waals surface area (Å²) in [6.07, 6.45) is 27.9. The van der Waals surface area contributed by atoms with Gasteiger partial charge >= 0.3 is 5.97 Å². The quantitative estimate of drug-likeness (QED) is 0.180. The largest absolute Gasteiger partial charge is 0.462 e. The average Bonchev–Trinajstić information content (AvgIpc) is 3.80. The van der Waals surface area contributed by atoms with Gasteiger partial charge in [-0.05, 0) is 202 Å². The second kappa shape index (κ2) is 16.4. The molecule has 350 valence electrons. The lowest BCUT2D eigenvalue weighted by molar-refractivity contribution is -0.237. The molecule has 3 heteroatoms. The van der Waals surface area contributed by atoms with E-state index in [1.807, 2.05) is 13.8 Å². The van der Waals surface area contributed by atoms with Crippen LogP contribution in [0.3, 0.4) is 0 Å². The van der Waals surface area contributed by atoms with Crippen molar-refractivity contribution in [1.29, 1.82) is 0 Å². The standard InChI is InChI=1S/C57H90O3.C2H6/c1-35(2)14-13-15-37(5)42-18-19-43-41-17-16-38-34-39(22-27-52(38,8)44(41)24-28-53(42,43)9)60-50(59)57-31-23-40(36(3)4)49(57)45-20-21-47-54(10)29-26-48(58)51(6,7)46(54)25-30-56(47,12)55(45,11)32-33-57;1-2/h16,35,37,39-47,49H,3,13-15,17-34H2,1-2,4-12H3;1-2H3/t37-,39-,40+,41+,42?,43+,44+,45-,46?,47-,49?,52+,53-,54+,55-,56-,57+;/m1./s1. The van der Waals surface area contributed by atoms with Crippen LogP contribution in [-0.4, -0.2) is 17.9 Å². The van der Waals surface area contributed by atoms with Gasteiger partial charge in [-0.25, -0.2) is 0 Å². The molecule has 3 unspecified atom stereocenters. The predicted molar refractivity (Wildman–Crippen MR) is 258 cm³/mol. The summed E-state index contributed by atoms with van der Waals surface area (Å²) in [5.41, 5.74) is 3.74. The number of fused-ring (bicyclic) bond motifs is 12. The van der Waals surface area contributed by atoms with Crippen molar-refractivity contribution >= 4 is 11.8 Å². The van der Waals surface area contributed by atoms with Crippen molar-refractivity contribution in [3.8, 4) is 0 Å². The van der Waals surface area contributed by atoms with Gasteiger partial charge in [0.25, 0.3) is 0 Å². The zero-order valence-corrected chi connectivity index (χ0v) is 42.8. The van der Waals surface area contributed by atoms with Crippen LogP contribution >= 0.6 is 0 Å². The third kappa shape index (κ3) is 6.76. The molecule has 0 spiro atoms. The third-order valence-electron chi connectivity index (χ3n) is 23.8. The molecule has 0 saturated heterocycles. The van der Waals surface area contributed by atoms with Crippen LogP contribution in [0.15, 0.2) is 23.8 Å². The molecular formula is C59H96O3. The molecule has 9 aliphatic carbocycles. The van der Waals surface area contributed by atoms with Gasteiger partial charge in [-0.3, -0.25) is 9.59 Å². The Morgan fingerprint density at radius 3 is 2.18 bits per heavy atom. The van der Waals surface area contributed by atoms with E-state index in [1.54, 1.807) is 5.57 Å². The SMILES string of the molecule is C=C(C)[C@@H]1CC[C@]2(C(=O)O[C@@H]3CC[C@@]4(C)C(=CC[C@@H]5[C@@H]4CC[C@]4(C)C([C@H](C)CCCC(C)C)CC[C@@H]54)C3)CC[C@]3(C)[C@H](CC[C@@H]4[C@@]5(C)CCC(=O)C(C)(C)C5CC[C@]43C)C12.CC. The smallest absolute Gasteiger partial charge is 0.312 e. The summed E-state index contributed by atoms with van der Waals surface area (Å²) < 4.78 is 6.99. The first-order chi connectivity index (χ1) is 29.2. The van der Waals surface area contributed by atoms with Crippen LogP contribution in [0, 0.1) is 103 Å². The van der Waals surface area contributed by atoms with Crippen LogP contribution in [0.4, 0.5) is 0 Å². The minimum absolute atomic E-state index is 0.0258. The monoisotopic (exact) mass is 853 g/mol. The van der Waals surface area contributed by atoms with Crippen molar-refractivity contribution in [3.05, 3.63) is 23.8 Å². The Hall–Kier alpha value is -1.38. The zero-order valence-electron chi connectivity index (χ0n) is 42.8. The Morgan fingerprint density at radius 1 is 0.742 bits per heavy atom. The number of esters is 1. The van der Waals surface area contributed by atoms with Crippen molar-refractivity contribution < 1.29 is 14.3 Å². The molecule has 17 atom stereocenters. The lowest BCUT2D eigenvalue weighted by Gasteiger charge is -2.72. The summed E-state index contributed by atoms with van der Waals surface area (Å²) in [5.74, 6) is 8.12. The molecule has 62 heavy (non-hydrogen) atoms. The molecule has 0 bridgehead atoms. The van der Waals surface area contributed by atoms with Crippen LogP contribution in [0.25, 0.3) is 0 Å². The highest BCUT2D eigenvalue weighted by Gasteiger charge is 2.72. The number of hydrogen-bond donors (Lipinski definition) is 0. The normalized spacial score (nSPS) is 49.3. The van der Waals surface area contributed by atoms with E-state index in [0.717, 1.165) is 86.9 Å². The van der Waals surface area contributed by atoms with Crippen molar-refractivity contribution in [3.63, 3.8) is 0 Å². The summed E-state index contributed by atoms with van der Waals surface area (Å²) in [6, 6.07) is 0. The number of carbonyl (C=O) groups excluding carboxylic acids is 2. The fourth-order valence-electron chi connectivity index (χ4n) is 20.3. The maximum atomic E-state index is 15.2. The summed E-state index contributed by atoms with van der Waals surface area (Å²) in [5, 5.41) is 0. The van der Waals surface area contributed by atoms with Crippen LogP contribution in [0.5, 0.6) is 0 Å². The van der Waals surface area contributed by atoms with Gasteiger partial charge in [0.1, 0.15) is 11.9 Å².